The van der Waals surface area contributed by atoms with Gasteiger partial charge in [-0.05, 0) is 31.4 Å². The largest absolute Gasteiger partial charge is 0.384 e. The fraction of sp³-hybridized carbons (Fsp3) is 0.471. The molecule has 138 valence electrons. The number of carbonyl (C=O) groups excluding carboxylic acids is 1. The van der Waals surface area contributed by atoms with Crippen LogP contribution in [0.4, 0.5) is 19.1 Å². The average Bonchev–Trinajstić information content (AvgIpc) is 2.92. The van der Waals surface area contributed by atoms with Crippen molar-refractivity contribution in [3.63, 3.8) is 0 Å². The number of nitrogens with zero attached hydrogens (tertiary/aromatic N) is 3. The second kappa shape index (κ2) is 6.96. The number of nitriles is 1. The van der Waals surface area contributed by atoms with Crippen molar-refractivity contribution in [3.8, 4) is 6.07 Å². The lowest BCUT2D eigenvalue weighted by molar-refractivity contribution is -0.122. The van der Waals surface area contributed by atoms with Gasteiger partial charge in [0.05, 0.1) is 17.5 Å². The van der Waals surface area contributed by atoms with Gasteiger partial charge in [0.15, 0.2) is 5.82 Å². The lowest BCUT2D eigenvalue weighted by atomic mass is 9.92. The molecule has 1 fully saturated rings. The number of rotatable bonds is 6. The molecule has 0 spiro atoms. The molecule has 1 aromatic heterocycles. The van der Waals surface area contributed by atoms with E-state index in [0.717, 1.165) is 19.3 Å². The highest BCUT2D eigenvalue weighted by Gasteiger charge is 2.32. The van der Waals surface area contributed by atoms with E-state index in [2.05, 4.69) is 10.3 Å². The third kappa shape index (κ3) is 3.12. The van der Waals surface area contributed by atoms with Crippen molar-refractivity contribution in [1.82, 2.24) is 9.55 Å². The Kier molecular flexibility index (Phi) is 4.87. The molecule has 1 aliphatic rings. The lowest BCUT2D eigenvalue weighted by Crippen LogP contribution is -2.38. The zero-order valence-corrected chi connectivity index (χ0v) is 13.8. The number of nitrogens with one attached hydrogen (secondary N) is 1. The third-order valence-electron chi connectivity index (χ3n) is 4.59. The highest BCUT2D eigenvalue weighted by Crippen LogP contribution is 2.38. The first-order chi connectivity index (χ1) is 12.4. The van der Waals surface area contributed by atoms with E-state index in [1.807, 2.05) is 0 Å². The number of benzene rings is 1. The Morgan fingerprint density at radius 3 is 2.65 bits per heavy atom. The van der Waals surface area contributed by atoms with Crippen molar-refractivity contribution >= 4 is 22.9 Å². The van der Waals surface area contributed by atoms with Gasteiger partial charge in [0.1, 0.15) is 30.5 Å². The first-order valence-electron chi connectivity index (χ1n) is 8.17. The lowest BCUT2D eigenvalue weighted by Gasteiger charge is -2.29. The molecule has 1 aliphatic carbocycles. The minimum absolute atomic E-state index is 0.0313. The highest BCUT2D eigenvalue weighted by molar-refractivity contribution is 5.92. The Balaban J connectivity index is 1.99. The van der Waals surface area contributed by atoms with E-state index in [1.54, 1.807) is 6.07 Å². The zero-order chi connectivity index (χ0) is 18.9. The number of anilines is 1. The molecule has 0 bridgehead atoms. The average molecular weight is 366 g/mol. The van der Waals surface area contributed by atoms with Crippen LogP contribution in [0.3, 0.4) is 0 Å². The van der Waals surface area contributed by atoms with Crippen LogP contribution in [0.1, 0.15) is 37.3 Å². The molecular weight excluding hydrogens is 349 g/mol. The summed E-state index contributed by atoms with van der Waals surface area (Å²) in [6, 6.07) is 4.44. The number of halogens is 3. The highest BCUT2D eigenvalue weighted by atomic mass is 19.1. The summed E-state index contributed by atoms with van der Waals surface area (Å²) >= 11 is 0. The van der Waals surface area contributed by atoms with Gasteiger partial charge in [-0.1, -0.05) is 0 Å². The Morgan fingerprint density at radius 1 is 1.42 bits per heavy atom. The van der Waals surface area contributed by atoms with Crippen LogP contribution in [0.2, 0.25) is 0 Å². The van der Waals surface area contributed by atoms with Gasteiger partial charge in [-0.3, -0.25) is 10.1 Å². The second-order valence-electron chi connectivity index (χ2n) is 6.51. The van der Waals surface area contributed by atoms with Gasteiger partial charge >= 0.3 is 0 Å². The van der Waals surface area contributed by atoms with Crippen molar-refractivity contribution in [1.29, 1.82) is 5.26 Å². The number of amides is 1. The van der Waals surface area contributed by atoms with E-state index in [9.17, 15) is 23.1 Å². The molecule has 1 saturated carbocycles. The normalized spacial score (nSPS) is 14.9. The number of alkyl halides is 2. The van der Waals surface area contributed by atoms with Crippen LogP contribution >= 0.6 is 0 Å². The molecule has 6 nitrogen and oxygen atoms in total. The van der Waals surface area contributed by atoms with Gasteiger partial charge in [0.25, 0.3) is 0 Å². The Bertz CT molecular complexity index is 882. The first kappa shape index (κ1) is 18.2. The summed E-state index contributed by atoms with van der Waals surface area (Å²) in [4.78, 5) is 16.3. The molecule has 3 rings (SSSR count). The maximum atomic E-state index is 14.6. The fourth-order valence-electron chi connectivity index (χ4n) is 2.92. The minimum Gasteiger partial charge on any atom is -0.384 e. The van der Waals surface area contributed by atoms with Crippen molar-refractivity contribution in [2.24, 2.45) is 0 Å². The molecule has 1 amide bonds. The van der Waals surface area contributed by atoms with E-state index in [4.69, 9.17) is 5.26 Å². The van der Waals surface area contributed by atoms with Crippen molar-refractivity contribution in [2.45, 2.75) is 37.3 Å². The van der Waals surface area contributed by atoms with E-state index in [1.165, 1.54) is 16.7 Å². The van der Waals surface area contributed by atoms with Gasteiger partial charge in [-0.2, -0.15) is 5.26 Å². The molecular formula is C17H17F3N4O2. The number of imidazole rings is 1. The van der Waals surface area contributed by atoms with Gasteiger partial charge in [-0.25, -0.2) is 18.2 Å². The summed E-state index contributed by atoms with van der Waals surface area (Å²) in [5, 5.41) is 21.1. The van der Waals surface area contributed by atoms with Crippen LogP contribution in [-0.2, 0) is 4.79 Å². The molecule has 2 N–H and O–H groups in total. The van der Waals surface area contributed by atoms with Crippen LogP contribution in [0.5, 0.6) is 0 Å². The number of carbonyl (C=O) groups is 1. The summed E-state index contributed by atoms with van der Waals surface area (Å²) in [5.74, 6) is -1.53. The first-order valence-corrected chi connectivity index (χ1v) is 8.17. The Labute approximate surface area is 147 Å². The van der Waals surface area contributed by atoms with Crippen LogP contribution in [0, 0.1) is 17.1 Å². The van der Waals surface area contributed by atoms with Gasteiger partial charge < -0.3 is 9.67 Å². The molecule has 0 unspecified atom stereocenters. The number of aromatic nitrogens is 2. The third-order valence-corrected chi connectivity index (χ3v) is 4.59. The van der Waals surface area contributed by atoms with E-state index >= 15 is 0 Å². The smallest absolute Gasteiger partial charge is 0.229 e. The van der Waals surface area contributed by atoms with E-state index < -0.39 is 37.1 Å². The number of aliphatic hydroxyl groups is 1. The maximum Gasteiger partial charge on any atom is 0.229 e. The zero-order valence-electron chi connectivity index (χ0n) is 13.8. The molecule has 26 heavy (non-hydrogen) atoms. The Morgan fingerprint density at radius 2 is 2.12 bits per heavy atom. The van der Waals surface area contributed by atoms with E-state index in [-0.39, 0.29) is 28.6 Å². The van der Waals surface area contributed by atoms with Crippen molar-refractivity contribution < 1.29 is 23.1 Å². The summed E-state index contributed by atoms with van der Waals surface area (Å²) < 4.78 is 41.6. The quantitative estimate of drug-likeness (QED) is 0.822. The van der Waals surface area contributed by atoms with Crippen LogP contribution in [0.25, 0.3) is 11.0 Å². The topological polar surface area (TPSA) is 90.9 Å². The van der Waals surface area contributed by atoms with Gasteiger partial charge in [0, 0.05) is 6.04 Å². The second-order valence-corrected chi connectivity index (χ2v) is 6.51. The van der Waals surface area contributed by atoms with Crippen LogP contribution in [0.15, 0.2) is 12.1 Å². The van der Waals surface area contributed by atoms with Gasteiger partial charge in [-0.15, -0.1) is 0 Å². The summed E-state index contributed by atoms with van der Waals surface area (Å²) in [7, 11) is 0. The monoisotopic (exact) mass is 366 g/mol. The van der Waals surface area contributed by atoms with Crippen LogP contribution in [-0.4, -0.2) is 39.5 Å². The number of fused-ring (bicyclic) bond motifs is 1. The molecule has 0 saturated heterocycles. The van der Waals surface area contributed by atoms with Crippen molar-refractivity contribution in [3.05, 3.63) is 23.5 Å². The van der Waals surface area contributed by atoms with Crippen molar-refractivity contribution in [2.75, 3.05) is 18.7 Å². The molecule has 0 radical (unpaired) electrons. The predicted molar refractivity (Wildman–Crippen MR) is 87.4 cm³/mol. The SMILES string of the molecule is N#Cc1ccc2nc(NC(=O)CC(O)(CF)CF)n(C3CCC3)c2c1F. The molecule has 2 aromatic rings. The summed E-state index contributed by atoms with van der Waals surface area (Å²) in [5.41, 5.74) is -2.17. The summed E-state index contributed by atoms with van der Waals surface area (Å²) in [6.45, 7) is -2.81. The standard InChI is InChI=1S/C17H17F3N4O2/c18-8-17(26,9-19)6-13(25)23-16-22-12-5-4-10(7-21)14(20)15(12)24(16)11-2-1-3-11/h4-5,11,26H,1-3,6,8-9H2,(H,22,23,25). The minimum atomic E-state index is -2.39. The predicted octanol–water partition coefficient (Wildman–Crippen LogP) is 2.77. The van der Waals surface area contributed by atoms with Crippen LogP contribution < -0.4 is 5.32 Å². The van der Waals surface area contributed by atoms with E-state index in [0.29, 0.717) is 0 Å². The number of hydrogen-bond donors (Lipinski definition) is 2. The Hall–Kier alpha value is -2.60. The summed E-state index contributed by atoms with van der Waals surface area (Å²) in [6.07, 6.45) is 1.65. The molecule has 1 aromatic carbocycles. The van der Waals surface area contributed by atoms with Gasteiger partial charge in [0.2, 0.25) is 11.9 Å². The molecule has 9 heteroatoms. The maximum absolute atomic E-state index is 14.6. The fourth-order valence-corrected chi connectivity index (χ4v) is 2.92. The molecule has 1 heterocycles. The molecule has 0 atom stereocenters. The molecule has 0 aliphatic heterocycles. The number of hydrogen-bond acceptors (Lipinski definition) is 4.